The van der Waals surface area contributed by atoms with Crippen LogP contribution in [0.25, 0.3) is 22.4 Å². The number of para-hydroxylation sites is 1. The number of methoxy groups -OCH3 is 1. The number of rotatable bonds is 8. The van der Waals surface area contributed by atoms with Gasteiger partial charge in [0.15, 0.2) is 17.3 Å². The molecular formula is C26H22N4O5. The first-order valence-corrected chi connectivity index (χ1v) is 10.8. The normalized spacial score (nSPS) is 10.4. The molecule has 2 amide bonds. The van der Waals surface area contributed by atoms with E-state index in [1.54, 1.807) is 48.5 Å². The number of furan rings is 1. The van der Waals surface area contributed by atoms with Crippen molar-refractivity contribution in [1.82, 2.24) is 15.8 Å². The molecule has 0 fully saturated rings. The van der Waals surface area contributed by atoms with Gasteiger partial charge in [0, 0.05) is 17.9 Å². The molecule has 4 rings (SSSR count). The summed E-state index contributed by atoms with van der Waals surface area (Å²) in [4.78, 5) is 29.7. The number of fused-ring (bicyclic) bond motifs is 1. The van der Waals surface area contributed by atoms with E-state index in [1.165, 1.54) is 13.4 Å². The van der Waals surface area contributed by atoms with Gasteiger partial charge in [-0.25, -0.2) is 4.98 Å². The van der Waals surface area contributed by atoms with Gasteiger partial charge in [-0.1, -0.05) is 18.2 Å². The number of hydrazine groups is 1. The molecule has 0 unspecified atom stereocenters. The predicted octanol–water partition coefficient (Wildman–Crippen LogP) is 4.00. The summed E-state index contributed by atoms with van der Waals surface area (Å²) in [6.45, 7) is 0.255. The summed E-state index contributed by atoms with van der Waals surface area (Å²) in [7, 11) is 1.49. The van der Waals surface area contributed by atoms with Gasteiger partial charge in [0.25, 0.3) is 5.91 Å². The van der Waals surface area contributed by atoms with Crippen LogP contribution in [0.5, 0.6) is 11.5 Å². The highest BCUT2D eigenvalue weighted by atomic mass is 16.5. The van der Waals surface area contributed by atoms with E-state index >= 15 is 0 Å². The molecule has 176 valence electrons. The maximum Gasteiger partial charge on any atom is 0.270 e. The van der Waals surface area contributed by atoms with Crippen LogP contribution in [-0.2, 0) is 4.79 Å². The summed E-state index contributed by atoms with van der Waals surface area (Å²) in [5.74, 6) is 0.630. The summed E-state index contributed by atoms with van der Waals surface area (Å²) < 4.78 is 16.3. The summed E-state index contributed by atoms with van der Waals surface area (Å²) in [6, 6.07) is 19.3. The van der Waals surface area contributed by atoms with Gasteiger partial charge in [-0.2, -0.15) is 5.26 Å². The Balaban J connectivity index is 1.33. The minimum Gasteiger partial charge on any atom is -0.493 e. The Hall–Kier alpha value is -4.84. The molecule has 2 aromatic heterocycles. The Morgan fingerprint density at radius 3 is 2.69 bits per heavy atom. The van der Waals surface area contributed by atoms with E-state index < -0.39 is 5.91 Å². The van der Waals surface area contributed by atoms with Crippen LogP contribution in [0.3, 0.4) is 0 Å². The van der Waals surface area contributed by atoms with Gasteiger partial charge in [0.1, 0.15) is 5.69 Å². The average Bonchev–Trinajstić information content (AvgIpc) is 3.44. The van der Waals surface area contributed by atoms with Crippen LogP contribution < -0.4 is 20.3 Å². The molecule has 4 aromatic rings. The van der Waals surface area contributed by atoms with Gasteiger partial charge in [-0.15, -0.1) is 0 Å². The number of ether oxygens (including phenoxy) is 2. The number of benzene rings is 2. The lowest BCUT2D eigenvalue weighted by Gasteiger charge is -2.12. The molecule has 2 N–H and O–H groups in total. The maximum atomic E-state index is 12.9. The third-order valence-electron chi connectivity index (χ3n) is 5.15. The molecule has 0 atom stereocenters. The van der Waals surface area contributed by atoms with Crippen LogP contribution in [0.2, 0.25) is 0 Å². The van der Waals surface area contributed by atoms with Gasteiger partial charge in [0.2, 0.25) is 5.91 Å². The maximum absolute atomic E-state index is 12.9. The molecular weight excluding hydrogens is 448 g/mol. The molecule has 0 aliphatic rings. The number of nitrogens with one attached hydrogen (secondary N) is 2. The Morgan fingerprint density at radius 1 is 1.06 bits per heavy atom. The number of nitriles is 1. The predicted molar refractivity (Wildman–Crippen MR) is 127 cm³/mol. The molecule has 0 radical (unpaired) electrons. The number of pyridine rings is 1. The molecule has 9 nitrogen and oxygen atoms in total. The number of carbonyl (C=O) groups is 2. The van der Waals surface area contributed by atoms with Crippen molar-refractivity contribution < 1.29 is 23.5 Å². The van der Waals surface area contributed by atoms with Gasteiger partial charge >= 0.3 is 0 Å². The molecule has 9 heteroatoms. The van der Waals surface area contributed by atoms with E-state index in [-0.39, 0.29) is 18.9 Å². The third-order valence-corrected chi connectivity index (χ3v) is 5.15. The molecule has 2 aromatic carbocycles. The minimum absolute atomic E-state index is 0.133. The number of hydrogen-bond donors (Lipinski definition) is 2. The lowest BCUT2D eigenvalue weighted by molar-refractivity contribution is -0.122. The zero-order valence-electron chi connectivity index (χ0n) is 18.9. The third kappa shape index (κ3) is 5.57. The van der Waals surface area contributed by atoms with E-state index in [9.17, 15) is 9.59 Å². The standard InChI is InChI=1S/C26H22N4O5/c1-33-24-14-17(16-27)10-11-23(24)35-13-5-9-25(31)29-30-26(32)19-15-21(22-8-4-12-34-22)28-20-7-3-2-6-18(19)20/h2-4,6-8,10-12,14-15H,5,9,13H2,1H3,(H,29,31)(H,30,32). The largest absolute Gasteiger partial charge is 0.493 e. The Morgan fingerprint density at radius 2 is 1.91 bits per heavy atom. The Kier molecular flexibility index (Phi) is 7.23. The molecule has 0 aliphatic carbocycles. The van der Waals surface area contributed by atoms with E-state index in [1.807, 2.05) is 18.2 Å². The number of nitrogens with zero attached hydrogens (tertiary/aromatic N) is 2. The van der Waals surface area contributed by atoms with Gasteiger partial charge < -0.3 is 13.9 Å². The first kappa shape index (κ1) is 23.3. The fourth-order valence-electron chi connectivity index (χ4n) is 3.44. The molecule has 0 aliphatic heterocycles. The van der Waals surface area contributed by atoms with E-state index in [2.05, 4.69) is 15.8 Å². The second kappa shape index (κ2) is 10.9. The van der Waals surface area contributed by atoms with Crippen LogP contribution in [0.4, 0.5) is 0 Å². The number of aromatic nitrogens is 1. The molecule has 0 saturated heterocycles. The summed E-state index contributed by atoms with van der Waals surface area (Å²) in [6.07, 6.45) is 2.08. The SMILES string of the molecule is COc1cc(C#N)ccc1OCCCC(=O)NNC(=O)c1cc(-c2ccco2)nc2ccccc12. The van der Waals surface area contributed by atoms with Crippen LogP contribution in [0, 0.1) is 11.3 Å². The van der Waals surface area contributed by atoms with Crippen molar-refractivity contribution in [3.8, 4) is 29.0 Å². The van der Waals surface area contributed by atoms with Crippen molar-refractivity contribution in [3.63, 3.8) is 0 Å². The monoisotopic (exact) mass is 470 g/mol. The van der Waals surface area contributed by atoms with Crippen LogP contribution in [0.15, 0.2) is 71.3 Å². The van der Waals surface area contributed by atoms with E-state index in [4.69, 9.17) is 19.2 Å². The van der Waals surface area contributed by atoms with Crippen molar-refractivity contribution in [1.29, 1.82) is 5.26 Å². The summed E-state index contributed by atoms with van der Waals surface area (Å²) in [5, 5.41) is 9.62. The highest BCUT2D eigenvalue weighted by molar-refractivity contribution is 6.07. The number of amides is 2. The van der Waals surface area contributed by atoms with Crippen molar-refractivity contribution in [2.75, 3.05) is 13.7 Å². The van der Waals surface area contributed by atoms with Gasteiger partial charge in [-0.05, 0) is 42.8 Å². The summed E-state index contributed by atoms with van der Waals surface area (Å²) in [5.41, 5.74) is 6.87. The zero-order chi connectivity index (χ0) is 24.6. The fourth-order valence-corrected chi connectivity index (χ4v) is 3.44. The van der Waals surface area contributed by atoms with Crippen LogP contribution >= 0.6 is 0 Å². The molecule has 0 bridgehead atoms. The van der Waals surface area contributed by atoms with Crippen molar-refractivity contribution in [3.05, 3.63) is 78.1 Å². The van der Waals surface area contributed by atoms with Gasteiger partial charge in [-0.3, -0.25) is 20.4 Å². The lowest BCUT2D eigenvalue weighted by Crippen LogP contribution is -2.41. The zero-order valence-corrected chi connectivity index (χ0v) is 18.9. The molecule has 0 spiro atoms. The first-order valence-electron chi connectivity index (χ1n) is 10.8. The molecule has 0 saturated carbocycles. The van der Waals surface area contributed by atoms with Crippen LogP contribution in [0.1, 0.15) is 28.8 Å². The minimum atomic E-state index is -0.469. The number of hydrogen-bond acceptors (Lipinski definition) is 7. The lowest BCUT2D eigenvalue weighted by atomic mass is 10.1. The smallest absolute Gasteiger partial charge is 0.270 e. The molecule has 35 heavy (non-hydrogen) atoms. The van der Waals surface area contributed by atoms with E-state index in [0.717, 1.165) is 0 Å². The topological polar surface area (TPSA) is 126 Å². The highest BCUT2D eigenvalue weighted by Crippen LogP contribution is 2.28. The number of carbonyl (C=O) groups excluding carboxylic acids is 2. The van der Waals surface area contributed by atoms with Gasteiger partial charge in [0.05, 0.1) is 42.7 Å². The van der Waals surface area contributed by atoms with Crippen molar-refractivity contribution in [2.45, 2.75) is 12.8 Å². The van der Waals surface area contributed by atoms with E-state index in [0.29, 0.717) is 51.4 Å². The molecule has 2 heterocycles. The fraction of sp³-hybridized carbons (Fsp3) is 0.154. The van der Waals surface area contributed by atoms with Crippen molar-refractivity contribution >= 4 is 22.7 Å². The second-order valence-corrected chi connectivity index (χ2v) is 7.48. The van der Waals surface area contributed by atoms with Crippen molar-refractivity contribution in [2.24, 2.45) is 0 Å². The second-order valence-electron chi connectivity index (χ2n) is 7.48. The van der Waals surface area contributed by atoms with Crippen LogP contribution in [-0.4, -0.2) is 30.5 Å². The average molecular weight is 470 g/mol. The Labute approximate surface area is 201 Å². The summed E-state index contributed by atoms with van der Waals surface area (Å²) >= 11 is 0. The first-order chi connectivity index (χ1) is 17.1. The Bertz CT molecular complexity index is 1390. The quantitative estimate of drug-likeness (QED) is 0.294. The highest BCUT2D eigenvalue weighted by Gasteiger charge is 2.16.